The highest BCUT2D eigenvalue weighted by Gasteiger charge is 2.17. The van der Waals surface area contributed by atoms with Gasteiger partial charge in [0.2, 0.25) is 0 Å². The van der Waals surface area contributed by atoms with Gasteiger partial charge in [0.05, 0.1) is 11.7 Å². The summed E-state index contributed by atoms with van der Waals surface area (Å²) in [5.74, 6) is 0. The molecule has 0 amide bonds. The summed E-state index contributed by atoms with van der Waals surface area (Å²) in [6.45, 7) is 9.99. The third-order valence-corrected chi connectivity index (χ3v) is 1.32. The summed E-state index contributed by atoms with van der Waals surface area (Å²) >= 11 is 0. The Bertz CT molecular complexity index is 87.3. The molecule has 0 aromatic rings. The highest BCUT2D eigenvalue weighted by molar-refractivity contribution is 4.61. The van der Waals surface area contributed by atoms with Crippen molar-refractivity contribution in [3.8, 4) is 0 Å². The van der Waals surface area contributed by atoms with Crippen molar-refractivity contribution in [3.63, 3.8) is 0 Å². The van der Waals surface area contributed by atoms with Crippen LogP contribution in [0, 0.1) is 0 Å². The van der Waals surface area contributed by atoms with Crippen LogP contribution in [0.1, 0.15) is 41.0 Å². The molecule has 2 heteroatoms. The Hall–Kier alpha value is -0.0800. The lowest BCUT2D eigenvalue weighted by molar-refractivity contribution is -0.371. The van der Waals surface area contributed by atoms with Crippen LogP contribution in [0.4, 0.5) is 0 Å². The Morgan fingerprint density at radius 2 is 1.80 bits per heavy atom. The third-order valence-electron chi connectivity index (χ3n) is 1.32. The van der Waals surface area contributed by atoms with Gasteiger partial charge in [-0.05, 0) is 34.1 Å². The lowest BCUT2D eigenvalue weighted by Gasteiger charge is -2.22. The van der Waals surface area contributed by atoms with E-state index >= 15 is 0 Å². The van der Waals surface area contributed by atoms with Crippen molar-refractivity contribution < 1.29 is 9.78 Å². The summed E-state index contributed by atoms with van der Waals surface area (Å²) in [4.78, 5) is 10.1. The molecule has 62 valence electrons. The lowest BCUT2D eigenvalue weighted by atomic mass is 10.1. The van der Waals surface area contributed by atoms with Gasteiger partial charge in [0.25, 0.3) is 0 Å². The van der Waals surface area contributed by atoms with Gasteiger partial charge < -0.3 is 0 Å². The fraction of sp³-hybridized carbons (Fsp3) is 1.00. The van der Waals surface area contributed by atoms with Crippen LogP contribution in [0.5, 0.6) is 0 Å². The van der Waals surface area contributed by atoms with Crippen LogP contribution in [0.2, 0.25) is 0 Å². The monoisotopic (exact) mass is 146 g/mol. The molecule has 0 aliphatic rings. The second-order valence-corrected chi connectivity index (χ2v) is 3.34. The van der Waals surface area contributed by atoms with Crippen molar-refractivity contribution in [1.82, 2.24) is 0 Å². The maximum absolute atomic E-state index is 5.14. The molecular weight excluding hydrogens is 128 g/mol. The molecule has 0 unspecified atom stereocenters. The van der Waals surface area contributed by atoms with Gasteiger partial charge in [-0.25, -0.2) is 9.78 Å². The summed E-state index contributed by atoms with van der Waals surface area (Å²) in [5.41, 5.74) is -0.149. The van der Waals surface area contributed by atoms with Gasteiger partial charge in [-0.1, -0.05) is 6.92 Å². The molecule has 0 N–H and O–H groups in total. The van der Waals surface area contributed by atoms with E-state index in [1.54, 1.807) is 0 Å². The SMILES string of the molecule is CCC(C)(C)OOC(C)C. The van der Waals surface area contributed by atoms with Crippen LogP contribution in [0.15, 0.2) is 0 Å². The molecule has 2 nitrogen and oxygen atoms in total. The minimum Gasteiger partial charge on any atom is -0.233 e. The highest BCUT2D eigenvalue weighted by atomic mass is 17.2. The van der Waals surface area contributed by atoms with E-state index in [1.807, 2.05) is 27.7 Å². The standard InChI is InChI=1S/C8H18O2/c1-6-8(4,5)10-9-7(2)3/h7H,6H2,1-5H3. The lowest BCUT2D eigenvalue weighted by Crippen LogP contribution is -2.24. The molecule has 10 heavy (non-hydrogen) atoms. The molecule has 0 saturated carbocycles. The first-order chi connectivity index (χ1) is 4.48. The predicted molar refractivity (Wildman–Crippen MR) is 41.7 cm³/mol. The second-order valence-electron chi connectivity index (χ2n) is 3.34. The van der Waals surface area contributed by atoms with E-state index in [0.29, 0.717) is 0 Å². The minimum absolute atomic E-state index is 0.144. The molecule has 0 aliphatic carbocycles. The smallest absolute Gasteiger partial charge is 0.0977 e. The average Bonchev–Trinajstić information content (AvgIpc) is 1.85. The van der Waals surface area contributed by atoms with Crippen molar-refractivity contribution in [2.75, 3.05) is 0 Å². The Balaban J connectivity index is 3.46. The first kappa shape index (κ1) is 9.92. The maximum Gasteiger partial charge on any atom is 0.0977 e. The summed E-state index contributed by atoms with van der Waals surface area (Å²) in [6.07, 6.45) is 1.10. The summed E-state index contributed by atoms with van der Waals surface area (Å²) in [7, 11) is 0. The zero-order valence-electron chi connectivity index (χ0n) is 7.60. The Labute approximate surface area is 63.5 Å². The van der Waals surface area contributed by atoms with E-state index in [2.05, 4.69) is 6.92 Å². The topological polar surface area (TPSA) is 18.5 Å². The predicted octanol–water partition coefficient (Wildman–Crippen LogP) is 2.53. The molecule has 0 atom stereocenters. The van der Waals surface area contributed by atoms with E-state index in [-0.39, 0.29) is 11.7 Å². The van der Waals surface area contributed by atoms with Crippen LogP contribution in [-0.2, 0) is 9.78 Å². The summed E-state index contributed by atoms with van der Waals surface area (Å²) in [5, 5.41) is 0. The molecule has 0 aromatic carbocycles. The first-order valence-corrected chi connectivity index (χ1v) is 3.82. The van der Waals surface area contributed by atoms with E-state index in [1.165, 1.54) is 0 Å². The van der Waals surface area contributed by atoms with Gasteiger partial charge in [-0.15, -0.1) is 0 Å². The quantitative estimate of drug-likeness (QED) is 0.448. The number of rotatable bonds is 4. The highest BCUT2D eigenvalue weighted by Crippen LogP contribution is 2.14. The van der Waals surface area contributed by atoms with Crippen molar-refractivity contribution in [2.45, 2.75) is 52.7 Å². The fourth-order valence-electron chi connectivity index (χ4n) is 0.285. The minimum atomic E-state index is -0.149. The largest absolute Gasteiger partial charge is 0.233 e. The molecule has 0 fully saturated rings. The Morgan fingerprint density at radius 1 is 1.30 bits per heavy atom. The Morgan fingerprint density at radius 3 is 2.10 bits per heavy atom. The maximum atomic E-state index is 5.14. The van der Waals surface area contributed by atoms with E-state index < -0.39 is 0 Å². The van der Waals surface area contributed by atoms with E-state index in [9.17, 15) is 0 Å². The van der Waals surface area contributed by atoms with E-state index in [0.717, 1.165) is 6.42 Å². The van der Waals surface area contributed by atoms with Crippen molar-refractivity contribution in [1.29, 1.82) is 0 Å². The molecule has 0 spiro atoms. The van der Waals surface area contributed by atoms with Gasteiger partial charge >= 0.3 is 0 Å². The van der Waals surface area contributed by atoms with E-state index in [4.69, 9.17) is 9.78 Å². The average molecular weight is 146 g/mol. The Kier molecular flexibility index (Phi) is 3.91. The van der Waals surface area contributed by atoms with Crippen LogP contribution >= 0.6 is 0 Å². The molecule has 0 aliphatic heterocycles. The zero-order valence-corrected chi connectivity index (χ0v) is 7.60. The van der Waals surface area contributed by atoms with Crippen molar-refractivity contribution >= 4 is 0 Å². The second kappa shape index (κ2) is 3.94. The van der Waals surface area contributed by atoms with Crippen LogP contribution in [0.3, 0.4) is 0 Å². The van der Waals surface area contributed by atoms with Crippen molar-refractivity contribution in [2.24, 2.45) is 0 Å². The molecule has 0 saturated heterocycles. The van der Waals surface area contributed by atoms with Crippen molar-refractivity contribution in [3.05, 3.63) is 0 Å². The van der Waals surface area contributed by atoms with Crippen LogP contribution < -0.4 is 0 Å². The first-order valence-electron chi connectivity index (χ1n) is 3.82. The zero-order chi connectivity index (χ0) is 8.20. The van der Waals surface area contributed by atoms with Gasteiger partial charge in [0.15, 0.2) is 0 Å². The van der Waals surface area contributed by atoms with Gasteiger partial charge in [-0.3, -0.25) is 0 Å². The summed E-state index contributed by atoms with van der Waals surface area (Å²) in [6, 6.07) is 0. The van der Waals surface area contributed by atoms with Gasteiger partial charge in [0, 0.05) is 0 Å². The van der Waals surface area contributed by atoms with Gasteiger partial charge in [0.1, 0.15) is 0 Å². The van der Waals surface area contributed by atoms with Crippen LogP contribution in [-0.4, -0.2) is 11.7 Å². The number of hydrogen-bond acceptors (Lipinski definition) is 2. The third kappa shape index (κ3) is 4.77. The normalized spacial score (nSPS) is 12.6. The summed E-state index contributed by atoms with van der Waals surface area (Å²) < 4.78 is 0. The molecule has 0 bridgehead atoms. The molecule has 0 heterocycles. The fourth-order valence-corrected chi connectivity index (χ4v) is 0.285. The molecule has 0 rings (SSSR count). The molecular formula is C8H18O2. The van der Waals surface area contributed by atoms with Gasteiger partial charge in [-0.2, -0.15) is 0 Å². The molecule has 0 aromatic heterocycles. The number of hydrogen-bond donors (Lipinski definition) is 0. The molecule has 0 radical (unpaired) electrons. The van der Waals surface area contributed by atoms with Crippen LogP contribution in [0.25, 0.3) is 0 Å².